The normalized spacial score (nSPS) is 25.7. The molecule has 1 saturated carbocycles. The first kappa shape index (κ1) is 21.6. The molecule has 1 aromatic carbocycles. The van der Waals surface area contributed by atoms with Crippen LogP contribution in [0, 0.1) is 11.8 Å². The number of hydrogen-bond donors (Lipinski definition) is 1. The third kappa shape index (κ3) is 3.78. The largest absolute Gasteiger partial charge is 0.493 e. The molecule has 168 valence electrons. The van der Waals surface area contributed by atoms with Gasteiger partial charge in [0.25, 0.3) is 0 Å². The van der Waals surface area contributed by atoms with Crippen LogP contribution in [-0.4, -0.2) is 61.5 Å². The number of benzene rings is 1. The van der Waals surface area contributed by atoms with Gasteiger partial charge in [-0.1, -0.05) is 18.6 Å². The van der Waals surface area contributed by atoms with E-state index < -0.39 is 5.60 Å². The lowest BCUT2D eigenvalue weighted by molar-refractivity contribution is -0.149. The van der Waals surface area contributed by atoms with E-state index in [9.17, 15) is 5.11 Å². The summed E-state index contributed by atoms with van der Waals surface area (Å²) < 4.78 is 21.7. The summed E-state index contributed by atoms with van der Waals surface area (Å²) in [4.78, 5) is 11.0. The molecule has 2 aromatic rings. The summed E-state index contributed by atoms with van der Waals surface area (Å²) in [5.41, 5.74) is 0.713. The SMILES string of the molecule is COc1ncc(C2(O)C3CCCC2CN(Cc2cccc(OC)c2OC)C3)c(OC)n1. The van der Waals surface area contributed by atoms with Crippen LogP contribution < -0.4 is 18.9 Å². The number of methoxy groups -OCH3 is 4. The number of likely N-dealkylation sites (tertiary alicyclic amines) is 1. The molecule has 1 aliphatic heterocycles. The van der Waals surface area contributed by atoms with Crippen molar-refractivity contribution in [2.45, 2.75) is 31.4 Å². The number of nitrogens with zero attached hydrogens (tertiary/aromatic N) is 3. The lowest BCUT2D eigenvalue weighted by Crippen LogP contribution is -2.58. The van der Waals surface area contributed by atoms with Gasteiger partial charge >= 0.3 is 6.01 Å². The highest BCUT2D eigenvalue weighted by Gasteiger charge is 2.53. The van der Waals surface area contributed by atoms with Crippen molar-refractivity contribution in [1.29, 1.82) is 0 Å². The Kier molecular flexibility index (Phi) is 6.20. The average molecular weight is 430 g/mol. The van der Waals surface area contributed by atoms with Gasteiger partial charge in [-0.05, 0) is 18.9 Å². The fourth-order valence-corrected chi connectivity index (χ4v) is 5.31. The van der Waals surface area contributed by atoms with Crippen molar-refractivity contribution in [1.82, 2.24) is 14.9 Å². The van der Waals surface area contributed by atoms with Crippen LogP contribution in [-0.2, 0) is 12.1 Å². The van der Waals surface area contributed by atoms with Crippen molar-refractivity contribution >= 4 is 0 Å². The molecular formula is C23H31N3O5. The lowest BCUT2D eigenvalue weighted by atomic mass is 9.63. The molecular weight excluding hydrogens is 398 g/mol. The van der Waals surface area contributed by atoms with Crippen LogP contribution in [0.2, 0.25) is 0 Å². The number of ether oxygens (including phenoxy) is 4. The second kappa shape index (κ2) is 8.88. The molecule has 1 aliphatic carbocycles. The molecule has 4 rings (SSSR count). The smallest absolute Gasteiger partial charge is 0.319 e. The molecule has 0 spiro atoms. The Morgan fingerprint density at radius 2 is 1.77 bits per heavy atom. The molecule has 1 N–H and O–H groups in total. The standard InChI is InChI=1S/C23H31N3O5/c1-28-19-10-5-7-15(20(19)29-2)12-26-13-16-8-6-9-17(14-26)23(16,27)18-11-24-22(31-4)25-21(18)30-3/h5,7,10-11,16-17,27H,6,8-9,12-14H2,1-4H3. The van der Waals surface area contributed by atoms with Gasteiger partial charge in [0, 0.05) is 43.2 Å². The van der Waals surface area contributed by atoms with E-state index in [1.165, 1.54) is 7.11 Å². The fraction of sp³-hybridized carbons (Fsp3) is 0.565. The topological polar surface area (TPSA) is 86.2 Å². The van der Waals surface area contributed by atoms with Crippen LogP contribution >= 0.6 is 0 Å². The second-order valence-electron chi connectivity index (χ2n) is 8.28. The average Bonchev–Trinajstić information content (AvgIpc) is 2.79. The second-order valence-corrected chi connectivity index (χ2v) is 8.28. The Morgan fingerprint density at radius 3 is 2.39 bits per heavy atom. The zero-order valence-electron chi connectivity index (χ0n) is 18.6. The van der Waals surface area contributed by atoms with Crippen LogP contribution in [0.4, 0.5) is 0 Å². The number of rotatable bonds is 7. The summed E-state index contributed by atoms with van der Waals surface area (Å²) in [5, 5.41) is 12.0. The highest BCUT2D eigenvalue weighted by molar-refractivity contribution is 5.46. The third-order valence-electron chi connectivity index (χ3n) is 6.72. The number of piperidine rings is 1. The summed E-state index contributed by atoms with van der Waals surface area (Å²) in [7, 11) is 6.40. The van der Waals surface area contributed by atoms with E-state index in [-0.39, 0.29) is 17.8 Å². The zero-order chi connectivity index (χ0) is 22.0. The molecule has 31 heavy (non-hydrogen) atoms. The van der Waals surface area contributed by atoms with Gasteiger partial charge in [0.05, 0.1) is 34.0 Å². The maximum Gasteiger partial charge on any atom is 0.319 e. The molecule has 2 fully saturated rings. The van der Waals surface area contributed by atoms with Crippen molar-refractivity contribution in [3.8, 4) is 23.4 Å². The number of aliphatic hydroxyl groups is 1. The summed E-state index contributed by atoms with van der Waals surface area (Å²) in [6.45, 7) is 2.27. The molecule has 8 heteroatoms. The number of fused-ring (bicyclic) bond motifs is 2. The van der Waals surface area contributed by atoms with Crippen LogP contribution in [0.3, 0.4) is 0 Å². The Balaban J connectivity index is 1.62. The summed E-state index contributed by atoms with van der Waals surface area (Å²) in [6.07, 6.45) is 4.64. The van der Waals surface area contributed by atoms with Gasteiger partial charge in [-0.15, -0.1) is 0 Å². The zero-order valence-corrected chi connectivity index (χ0v) is 18.6. The highest BCUT2D eigenvalue weighted by atomic mass is 16.5. The van der Waals surface area contributed by atoms with Crippen LogP contribution in [0.25, 0.3) is 0 Å². The minimum Gasteiger partial charge on any atom is -0.493 e. The number of hydrogen-bond acceptors (Lipinski definition) is 8. The molecule has 2 bridgehead atoms. The summed E-state index contributed by atoms with van der Waals surface area (Å²) in [5.74, 6) is 1.99. The van der Waals surface area contributed by atoms with Crippen molar-refractivity contribution in [2.75, 3.05) is 41.5 Å². The summed E-state index contributed by atoms with van der Waals surface area (Å²) >= 11 is 0. The van der Waals surface area contributed by atoms with E-state index in [0.29, 0.717) is 11.4 Å². The predicted molar refractivity (Wildman–Crippen MR) is 115 cm³/mol. The summed E-state index contributed by atoms with van der Waals surface area (Å²) in [6, 6.07) is 6.19. The van der Waals surface area contributed by atoms with Gasteiger partial charge < -0.3 is 24.1 Å². The maximum absolute atomic E-state index is 12.0. The van der Waals surface area contributed by atoms with E-state index in [1.807, 2.05) is 12.1 Å². The van der Waals surface area contributed by atoms with Gasteiger partial charge in [-0.2, -0.15) is 4.98 Å². The minimum atomic E-state index is -1.02. The molecule has 0 amide bonds. The maximum atomic E-state index is 12.0. The van der Waals surface area contributed by atoms with Crippen LogP contribution in [0.5, 0.6) is 23.4 Å². The predicted octanol–water partition coefficient (Wildman–Crippen LogP) is 2.63. The Morgan fingerprint density at radius 1 is 1.03 bits per heavy atom. The first-order valence-electron chi connectivity index (χ1n) is 10.6. The molecule has 1 saturated heterocycles. The highest BCUT2D eigenvalue weighted by Crippen LogP contribution is 2.51. The fourth-order valence-electron chi connectivity index (χ4n) is 5.31. The van der Waals surface area contributed by atoms with E-state index in [2.05, 4.69) is 20.9 Å². The van der Waals surface area contributed by atoms with Gasteiger partial charge in [0.2, 0.25) is 5.88 Å². The molecule has 2 unspecified atom stereocenters. The van der Waals surface area contributed by atoms with E-state index >= 15 is 0 Å². The molecule has 1 aromatic heterocycles. The molecule has 8 nitrogen and oxygen atoms in total. The van der Waals surface area contributed by atoms with E-state index in [4.69, 9.17) is 18.9 Å². The van der Waals surface area contributed by atoms with Crippen molar-refractivity contribution < 1.29 is 24.1 Å². The van der Waals surface area contributed by atoms with Gasteiger partial charge in [0.15, 0.2) is 11.5 Å². The number of para-hydroxylation sites is 1. The van der Waals surface area contributed by atoms with Crippen molar-refractivity contribution in [3.05, 3.63) is 35.5 Å². The van der Waals surface area contributed by atoms with Crippen molar-refractivity contribution in [2.24, 2.45) is 11.8 Å². The molecule has 2 aliphatic rings. The van der Waals surface area contributed by atoms with Crippen molar-refractivity contribution in [3.63, 3.8) is 0 Å². The third-order valence-corrected chi connectivity index (χ3v) is 6.72. The first-order valence-corrected chi connectivity index (χ1v) is 10.6. The van der Waals surface area contributed by atoms with Gasteiger partial charge in [0.1, 0.15) is 5.60 Å². The van der Waals surface area contributed by atoms with Crippen LogP contribution in [0.1, 0.15) is 30.4 Å². The minimum absolute atomic E-state index is 0.0579. The van der Waals surface area contributed by atoms with Gasteiger partial charge in [-0.3, -0.25) is 4.90 Å². The first-order chi connectivity index (χ1) is 15.0. The molecule has 2 atom stereocenters. The lowest BCUT2D eigenvalue weighted by Gasteiger charge is -2.53. The molecule has 0 radical (unpaired) electrons. The Bertz CT molecular complexity index is 908. The monoisotopic (exact) mass is 429 g/mol. The quantitative estimate of drug-likeness (QED) is 0.719. The van der Waals surface area contributed by atoms with Gasteiger partial charge in [-0.25, -0.2) is 4.98 Å². The molecule has 2 heterocycles. The Labute approximate surface area is 183 Å². The van der Waals surface area contributed by atoms with E-state index in [1.54, 1.807) is 27.5 Å². The number of aromatic nitrogens is 2. The van der Waals surface area contributed by atoms with E-state index in [0.717, 1.165) is 56.0 Å². The van der Waals surface area contributed by atoms with Crippen LogP contribution in [0.15, 0.2) is 24.4 Å². The Hall–Kier alpha value is -2.58.